The quantitative estimate of drug-likeness (QED) is 0.811. The molecule has 112 valence electrons. The van der Waals surface area contributed by atoms with Crippen molar-refractivity contribution < 1.29 is 0 Å². The van der Waals surface area contributed by atoms with Crippen molar-refractivity contribution in [1.29, 1.82) is 0 Å². The van der Waals surface area contributed by atoms with Crippen LogP contribution in [0.25, 0.3) is 0 Å². The second-order valence-corrected chi connectivity index (χ2v) is 5.48. The lowest BCUT2D eigenvalue weighted by atomic mass is 9.99. The molecule has 0 aliphatic rings. The largest absolute Gasteiger partial charge is 0.332 e. The summed E-state index contributed by atoms with van der Waals surface area (Å²) in [4.78, 5) is 0. The van der Waals surface area contributed by atoms with E-state index in [-0.39, 0.29) is 0 Å². The number of rotatable bonds is 5. The van der Waals surface area contributed by atoms with E-state index in [1.807, 2.05) is 23.9 Å². The minimum Gasteiger partial charge on any atom is -0.332 e. The zero-order valence-electron chi connectivity index (χ0n) is 12.8. The standard InChI is InChI=1S/C16H22N4S/c1-4-12(3)13-6-8-14(9-7-13)17-16(21)18-15-10-11-20(5-2)19-15/h6-12H,4-5H2,1-3H3,(H2,17,18,19,21). The fourth-order valence-corrected chi connectivity index (χ4v) is 2.24. The van der Waals surface area contributed by atoms with Crippen LogP contribution in [0.5, 0.6) is 0 Å². The summed E-state index contributed by atoms with van der Waals surface area (Å²) in [5.74, 6) is 1.34. The smallest absolute Gasteiger partial charge is 0.176 e. The Morgan fingerprint density at radius 1 is 1.19 bits per heavy atom. The van der Waals surface area contributed by atoms with E-state index in [0.29, 0.717) is 11.0 Å². The molecule has 5 heteroatoms. The molecule has 0 aliphatic carbocycles. The SMILES string of the molecule is CCC(C)c1ccc(NC(=S)Nc2ccn(CC)n2)cc1. The number of benzene rings is 1. The zero-order chi connectivity index (χ0) is 15.2. The summed E-state index contributed by atoms with van der Waals surface area (Å²) in [6.45, 7) is 7.33. The number of hydrogen-bond donors (Lipinski definition) is 2. The Bertz CT molecular complexity index is 589. The number of aryl methyl sites for hydroxylation is 1. The Kier molecular flexibility index (Phi) is 5.33. The van der Waals surface area contributed by atoms with Gasteiger partial charge in [0.25, 0.3) is 0 Å². The monoisotopic (exact) mass is 302 g/mol. The number of nitrogens with one attached hydrogen (secondary N) is 2. The topological polar surface area (TPSA) is 41.9 Å². The number of anilines is 2. The minimum atomic E-state index is 0.549. The molecule has 0 saturated heterocycles. The van der Waals surface area contributed by atoms with Gasteiger partial charge in [-0.1, -0.05) is 26.0 Å². The highest BCUT2D eigenvalue weighted by atomic mass is 32.1. The molecule has 0 bridgehead atoms. The molecule has 0 radical (unpaired) electrons. The van der Waals surface area contributed by atoms with Gasteiger partial charge in [0, 0.05) is 24.5 Å². The maximum Gasteiger partial charge on any atom is 0.176 e. The summed E-state index contributed by atoms with van der Waals surface area (Å²) in [7, 11) is 0. The van der Waals surface area contributed by atoms with Gasteiger partial charge in [-0.2, -0.15) is 5.10 Å². The van der Waals surface area contributed by atoms with Gasteiger partial charge < -0.3 is 10.6 Å². The maximum absolute atomic E-state index is 5.30. The second-order valence-electron chi connectivity index (χ2n) is 5.07. The van der Waals surface area contributed by atoms with Crippen LogP contribution in [0.4, 0.5) is 11.5 Å². The van der Waals surface area contributed by atoms with Gasteiger partial charge in [0.15, 0.2) is 10.9 Å². The first-order valence-electron chi connectivity index (χ1n) is 7.33. The van der Waals surface area contributed by atoms with Gasteiger partial charge in [-0.15, -0.1) is 0 Å². The zero-order valence-corrected chi connectivity index (χ0v) is 13.6. The molecular formula is C16H22N4S. The van der Waals surface area contributed by atoms with Crippen LogP contribution in [0.15, 0.2) is 36.5 Å². The normalized spacial score (nSPS) is 12.0. The van der Waals surface area contributed by atoms with Crippen LogP contribution in [-0.2, 0) is 6.54 Å². The molecule has 0 amide bonds. The Hall–Kier alpha value is -1.88. The molecule has 0 fully saturated rings. The number of thiocarbonyl (C=S) groups is 1. The van der Waals surface area contributed by atoms with Gasteiger partial charge in [0.2, 0.25) is 0 Å². The van der Waals surface area contributed by atoms with Crippen molar-refractivity contribution in [2.24, 2.45) is 0 Å². The highest BCUT2D eigenvalue weighted by Crippen LogP contribution is 2.20. The third kappa shape index (κ3) is 4.29. The summed E-state index contributed by atoms with van der Waals surface area (Å²) in [6.07, 6.45) is 3.07. The van der Waals surface area contributed by atoms with Crippen LogP contribution >= 0.6 is 12.2 Å². The third-order valence-corrected chi connectivity index (χ3v) is 3.76. The molecule has 1 aromatic heterocycles. The number of hydrogen-bond acceptors (Lipinski definition) is 2. The molecule has 1 aromatic carbocycles. The van der Waals surface area contributed by atoms with Crippen molar-refractivity contribution in [2.75, 3.05) is 10.6 Å². The van der Waals surface area contributed by atoms with Crippen molar-refractivity contribution in [3.8, 4) is 0 Å². The van der Waals surface area contributed by atoms with Crippen LogP contribution in [0.1, 0.15) is 38.7 Å². The van der Waals surface area contributed by atoms with Crippen molar-refractivity contribution in [3.05, 3.63) is 42.1 Å². The molecule has 0 aliphatic heterocycles. The molecule has 1 unspecified atom stereocenters. The second kappa shape index (κ2) is 7.22. The van der Waals surface area contributed by atoms with Gasteiger partial charge >= 0.3 is 0 Å². The first-order chi connectivity index (χ1) is 10.1. The predicted octanol–water partition coefficient (Wildman–Crippen LogP) is 4.23. The van der Waals surface area contributed by atoms with Crippen molar-refractivity contribution in [3.63, 3.8) is 0 Å². The molecule has 1 atom stereocenters. The molecule has 4 nitrogen and oxygen atoms in total. The number of nitrogens with zero attached hydrogens (tertiary/aromatic N) is 2. The highest BCUT2D eigenvalue weighted by molar-refractivity contribution is 7.80. The van der Waals surface area contributed by atoms with Gasteiger partial charge in [-0.25, -0.2) is 0 Å². The van der Waals surface area contributed by atoms with Gasteiger partial charge in [0.1, 0.15) is 0 Å². The molecular weight excluding hydrogens is 280 g/mol. The third-order valence-electron chi connectivity index (χ3n) is 3.56. The Morgan fingerprint density at radius 3 is 2.48 bits per heavy atom. The van der Waals surface area contributed by atoms with Crippen molar-refractivity contribution >= 4 is 28.8 Å². The summed E-state index contributed by atoms with van der Waals surface area (Å²) in [6, 6.07) is 10.3. The lowest BCUT2D eigenvalue weighted by molar-refractivity contribution is 0.662. The van der Waals surface area contributed by atoms with E-state index < -0.39 is 0 Å². The fourth-order valence-electron chi connectivity index (χ4n) is 2.01. The molecule has 2 rings (SSSR count). The summed E-state index contributed by atoms with van der Waals surface area (Å²) < 4.78 is 1.85. The van der Waals surface area contributed by atoms with Crippen molar-refractivity contribution in [2.45, 2.75) is 39.7 Å². The van der Waals surface area contributed by atoms with Gasteiger partial charge in [-0.05, 0) is 49.2 Å². The average Bonchev–Trinajstić information content (AvgIpc) is 2.94. The Morgan fingerprint density at radius 2 is 1.90 bits per heavy atom. The molecule has 0 saturated carbocycles. The first-order valence-corrected chi connectivity index (χ1v) is 7.74. The van der Waals surface area contributed by atoms with Crippen LogP contribution in [0.3, 0.4) is 0 Å². The minimum absolute atomic E-state index is 0.549. The fraction of sp³-hybridized carbons (Fsp3) is 0.375. The summed E-state index contributed by atoms with van der Waals surface area (Å²) in [5.41, 5.74) is 2.33. The van der Waals surface area contributed by atoms with Gasteiger partial charge in [0.05, 0.1) is 0 Å². The molecule has 2 N–H and O–H groups in total. The lowest BCUT2D eigenvalue weighted by Gasteiger charge is -2.12. The summed E-state index contributed by atoms with van der Waals surface area (Å²) in [5, 5.41) is 11.1. The van der Waals surface area contributed by atoms with E-state index in [1.54, 1.807) is 0 Å². The molecule has 2 aromatic rings. The van der Waals surface area contributed by atoms with E-state index >= 15 is 0 Å². The van der Waals surface area contributed by atoms with Crippen LogP contribution in [0.2, 0.25) is 0 Å². The Balaban J connectivity index is 1.93. The average molecular weight is 302 g/mol. The molecule has 0 spiro atoms. The van der Waals surface area contributed by atoms with E-state index in [2.05, 4.69) is 53.8 Å². The summed E-state index contributed by atoms with van der Waals surface area (Å²) >= 11 is 5.30. The van der Waals surface area contributed by atoms with E-state index in [9.17, 15) is 0 Å². The molecule has 1 heterocycles. The number of aromatic nitrogens is 2. The van der Waals surface area contributed by atoms with Crippen molar-refractivity contribution in [1.82, 2.24) is 9.78 Å². The molecule has 21 heavy (non-hydrogen) atoms. The lowest BCUT2D eigenvalue weighted by Crippen LogP contribution is -2.19. The van der Waals surface area contributed by atoms with Crippen LogP contribution in [-0.4, -0.2) is 14.9 Å². The van der Waals surface area contributed by atoms with E-state index in [1.165, 1.54) is 5.56 Å². The van der Waals surface area contributed by atoms with E-state index in [0.717, 1.165) is 24.5 Å². The Labute approximate surface area is 131 Å². The van der Waals surface area contributed by atoms with E-state index in [4.69, 9.17) is 12.2 Å². The van der Waals surface area contributed by atoms with Gasteiger partial charge in [-0.3, -0.25) is 4.68 Å². The predicted molar refractivity (Wildman–Crippen MR) is 92.9 cm³/mol. The first kappa shape index (κ1) is 15.5. The van der Waals surface area contributed by atoms with Crippen LogP contribution in [0, 0.1) is 0 Å². The highest BCUT2D eigenvalue weighted by Gasteiger charge is 2.04. The van der Waals surface area contributed by atoms with Crippen LogP contribution < -0.4 is 10.6 Å². The maximum atomic E-state index is 5.30.